The molecule has 0 aromatic heterocycles. The molecule has 32 heavy (non-hydrogen) atoms. The molecule has 6 nitrogen and oxygen atoms in total. The summed E-state index contributed by atoms with van der Waals surface area (Å²) in [6.45, 7) is 3.77. The maximum absolute atomic E-state index is 12.4. The summed E-state index contributed by atoms with van der Waals surface area (Å²) in [4.78, 5) is 24.8. The Hall–Kier alpha value is -3.02. The number of ketones is 1. The smallest absolute Gasteiger partial charge is 0.313 e. The second kappa shape index (κ2) is 8.49. The van der Waals surface area contributed by atoms with E-state index in [0.717, 1.165) is 17.5 Å². The number of carboxylic acid groups (broad SMARTS) is 1. The number of carbonyl (C=O) groups excluding carboxylic acids is 1. The Morgan fingerprint density at radius 1 is 1.06 bits per heavy atom. The van der Waals surface area contributed by atoms with Crippen LogP contribution in [-0.4, -0.2) is 37.1 Å². The normalized spacial score (nSPS) is 19.2. The zero-order chi connectivity index (χ0) is 25.5. The van der Waals surface area contributed by atoms with Crippen molar-refractivity contribution in [2.75, 3.05) is 14.1 Å². The predicted molar refractivity (Wildman–Crippen MR) is 121 cm³/mol. The van der Waals surface area contributed by atoms with Crippen LogP contribution in [0.15, 0.2) is 30.3 Å². The molecule has 0 aliphatic heterocycles. The van der Waals surface area contributed by atoms with Crippen molar-refractivity contribution < 1.29 is 33.0 Å². The number of Topliss-reactive ketones (excluding diaryl/α,β-unsaturated/α-hetero) is 1. The maximum atomic E-state index is 12.4. The molecule has 2 aromatic carbocycles. The molecule has 4 rings (SSSR count). The third kappa shape index (κ3) is 3.42. The van der Waals surface area contributed by atoms with E-state index in [0.29, 0.717) is 36.8 Å². The minimum atomic E-state index is -2.80. The van der Waals surface area contributed by atoms with Crippen LogP contribution in [0.25, 0.3) is 11.1 Å². The summed E-state index contributed by atoms with van der Waals surface area (Å²) in [7, 11) is -1.40. The average molecular weight is 442 g/mol. The summed E-state index contributed by atoms with van der Waals surface area (Å²) in [6, 6.07) is 8.75. The summed E-state index contributed by atoms with van der Waals surface area (Å²) in [5, 5.41) is 10.1. The van der Waals surface area contributed by atoms with Gasteiger partial charge in [0.2, 0.25) is 5.75 Å². The monoisotopic (exact) mass is 441 g/mol. The first-order valence-corrected chi connectivity index (χ1v) is 10.9. The average Bonchev–Trinajstić information content (AvgIpc) is 3.12. The number of carboxylic acids is 1. The van der Waals surface area contributed by atoms with Gasteiger partial charge in [0.25, 0.3) is 0 Å². The van der Waals surface area contributed by atoms with Crippen LogP contribution in [0.2, 0.25) is 0 Å². The van der Waals surface area contributed by atoms with Gasteiger partial charge in [0, 0.05) is 17.5 Å². The Balaban J connectivity index is 1.95. The molecule has 2 aliphatic rings. The fourth-order valence-electron chi connectivity index (χ4n) is 5.07. The van der Waals surface area contributed by atoms with Crippen LogP contribution >= 0.6 is 0 Å². The van der Waals surface area contributed by atoms with Crippen LogP contribution < -0.4 is 14.2 Å². The Labute approximate surface area is 192 Å². The van der Waals surface area contributed by atoms with Crippen LogP contribution in [0.3, 0.4) is 0 Å². The summed E-state index contributed by atoms with van der Waals surface area (Å²) in [6.07, 6.45) is 1.92. The number of rotatable bonds is 8. The van der Waals surface area contributed by atoms with Gasteiger partial charge in [-0.3, -0.25) is 9.59 Å². The van der Waals surface area contributed by atoms with Crippen molar-refractivity contribution in [3.63, 3.8) is 0 Å². The Bertz CT molecular complexity index is 1150. The largest absolute Gasteiger partial charge is 0.493 e. The second-order valence-electron chi connectivity index (χ2n) is 8.93. The lowest BCUT2D eigenvalue weighted by Crippen LogP contribution is -2.52. The van der Waals surface area contributed by atoms with Crippen LogP contribution in [0, 0.1) is 11.3 Å². The zero-order valence-electron chi connectivity index (χ0n) is 21.6. The summed E-state index contributed by atoms with van der Waals surface area (Å²) < 4.78 is 40.5. The van der Waals surface area contributed by atoms with Crippen molar-refractivity contribution in [3.8, 4) is 28.4 Å². The molecule has 0 amide bonds. The van der Waals surface area contributed by atoms with Crippen molar-refractivity contribution in [1.29, 1.82) is 0 Å². The molecular formula is C26H30O6. The fourth-order valence-corrected chi connectivity index (χ4v) is 5.07. The maximum Gasteiger partial charge on any atom is 0.313 e. The third-order valence-corrected chi connectivity index (χ3v) is 6.83. The highest BCUT2D eigenvalue weighted by molar-refractivity contribution is 6.02. The van der Waals surface area contributed by atoms with Gasteiger partial charge in [-0.15, -0.1) is 0 Å². The Kier molecular flexibility index (Phi) is 4.92. The molecule has 0 saturated heterocycles. The number of benzene rings is 2. The number of hydrogen-bond acceptors (Lipinski definition) is 5. The quantitative estimate of drug-likeness (QED) is 0.609. The molecule has 1 unspecified atom stereocenters. The second-order valence-corrected chi connectivity index (χ2v) is 8.93. The van der Waals surface area contributed by atoms with Gasteiger partial charge in [0.15, 0.2) is 17.3 Å². The molecule has 6 heteroatoms. The summed E-state index contributed by atoms with van der Waals surface area (Å²) in [5.74, 6) is -0.914. The number of methoxy groups -OCH3 is 2. The molecule has 0 radical (unpaired) electrons. The standard InChI is InChI=1S/C26H30O6/c1-15(2)24(26(25(28)29)13-6-14-26)32-22-19(10-12-21(30-3)23(22)31-4)16-7-5-8-18-17(16)9-11-20(18)27/h5,7-8,10,12,15,24H,6,9,11,13-14H2,1-4H3,(H,28,29)/i4D3. The van der Waals surface area contributed by atoms with Crippen molar-refractivity contribution in [2.45, 2.75) is 52.1 Å². The van der Waals surface area contributed by atoms with E-state index in [1.54, 1.807) is 24.3 Å². The van der Waals surface area contributed by atoms with Gasteiger partial charge in [-0.05, 0) is 48.4 Å². The molecule has 0 heterocycles. The lowest BCUT2D eigenvalue weighted by molar-refractivity contribution is -0.166. The third-order valence-electron chi connectivity index (χ3n) is 6.83. The summed E-state index contributed by atoms with van der Waals surface area (Å²) >= 11 is 0. The first kappa shape index (κ1) is 18.5. The van der Waals surface area contributed by atoms with Crippen LogP contribution in [0.1, 0.15) is 59.6 Å². The van der Waals surface area contributed by atoms with Crippen LogP contribution in [0.4, 0.5) is 0 Å². The highest BCUT2D eigenvalue weighted by Gasteiger charge is 2.53. The molecule has 1 N–H and O–H groups in total. The van der Waals surface area contributed by atoms with Crippen molar-refractivity contribution >= 4 is 11.8 Å². The number of hydrogen-bond donors (Lipinski definition) is 1. The van der Waals surface area contributed by atoms with E-state index in [1.165, 1.54) is 7.11 Å². The zero-order valence-corrected chi connectivity index (χ0v) is 18.6. The molecule has 0 spiro atoms. The lowest BCUT2D eigenvalue weighted by atomic mass is 9.62. The van der Waals surface area contributed by atoms with Crippen molar-refractivity contribution in [1.82, 2.24) is 0 Å². The van der Waals surface area contributed by atoms with Crippen LogP contribution in [0.5, 0.6) is 17.2 Å². The molecule has 2 aromatic rings. The van der Waals surface area contributed by atoms with Gasteiger partial charge >= 0.3 is 5.97 Å². The van der Waals surface area contributed by atoms with E-state index in [9.17, 15) is 14.7 Å². The molecule has 1 atom stereocenters. The number of ether oxygens (including phenoxy) is 3. The van der Waals surface area contributed by atoms with Gasteiger partial charge in [-0.25, -0.2) is 0 Å². The first-order valence-electron chi connectivity index (χ1n) is 12.4. The minimum absolute atomic E-state index is 0.0520. The van der Waals surface area contributed by atoms with E-state index >= 15 is 0 Å². The molecule has 1 saturated carbocycles. The first-order chi connectivity index (χ1) is 16.5. The SMILES string of the molecule is [2H]C([2H])([2H])Oc1c(OC)ccc(-c2cccc3c2CCC3=O)c1OC(C(C)C)C1(C(=O)O)CCC1. The topological polar surface area (TPSA) is 82.1 Å². The highest BCUT2D eigenvalue weighted by atomic mass is 16.5. The molecule has 2 aliphatic carbocycles. The van der Waals surface area contributed by atoms with Crippen molar-refractivity contribution in [3.05, 3.63) is 41.5 Å². The molecular weight excluding hydrogens is 408 g/mol. The number of carbonyl (C=O) groups is 2. The Morgan fingerprint density at radius 2 is 1.81 bits per heavy atom. The highest BCUT2D eigenvalue weighted by Crippen LogP contribution is 2.52. The van der Waals surface area contributed by atoms with E-state index in [-0.39, 0.29) is 28.9 Å². The molecule has 1 fully saturated rings. The van der Waals surface area contributed by atoms with E-state index in [1.807, 2.05) is 19.9 Å². The van der Waals surface area contributed by atoms with Gasteiger partial charge < -0.3 is 19.3 Å². The minimum Gasteiger partial charge on any atom is -0.493 e. The summed E-state index contributed by atoms with van der Waals surface area (Å²) in [5.41, 5.74) is 1.65. The fraction of sp³-hybridized carbons (Fsp3) is 0.462. The Morgan fingerprint density at radius 3 is 2.41 bits per heavy atom. The van der Waals surface area contributed by atoms with Gasteiger partial charge in [0.1, 0.15) is 11.5 Å². The van der Waals surface area contributed by atoms with E-state index in [2.05, 4.69) is 0 Å². The lowest BCUT2D eigenvalue weighted by Gasteiger charge is -2.45. The van der Waals surface area contributed by atoms with Gasteiger partial charge in [-0.2, -0.15) is 0 Å². The van der Waals surface area contributed by atoms with Gasteiger partial charge in [0.05, 0.1) is 18.3 Å². The molecule has 170 valence electrons. The van der Waals surface area contributed by atoms with Gasteiger partial charge in [-0.1, -0.05) is 38.5 Å². The van der Waals surface area contributed by atoms with Crippen LogP contribution in [-0.2, 0) is 11.2 Å². The van der Waals surface area contributed by atoms with E-state index in [4.69, 9.17) is 18.3 Å². The predicted octanol–water partition coefficient (Wildman–Crippen LogP) is 5.16. The molecule has 0 bridgehead atoms. The van der Waals surface area contributed by atoms with E-state index < -0.39 is 24.5 Å². The number of fused-ring (bicyclic) bond motifs is 1. The number of aliphatic carboxylic acids is 1. The van der Waals surface area contributed by atoms with Crippen molar-refractivity contribution in [2.24, 2.45) is 11.3 Å².